The van der Waals surface area contributed by atoms with Crippen molar-refractivity contribution >= 4 is 5.69 Å². The van der Waals surface area contributed by atoms with Crippen LogP contribution in [0.25, 0.3) is 0 Å². The lowest BCUT2D eigenvalue weighted by Crippen LogP contribution is -2.56. The Bertz CT molecular complexity index is 451. The summed E-state index contributed by atoms with van der Waals surface area (Å²) in [6.45, 7) is 4.60. The van der Waals surface area contributed by atoms with Crippen LogP contribution in [0.2, 0.25) is 0 Å². The van der Waals surface area contributed by atoms with E-state index in [0.717, 1.165) is 25.3 Å². The average molecular weight is 228 g/mol. The van der Waals surface area contributed by atoms with Gasteiger partial charge in [-0.25, -0.2) is 0 Å². The van der Waals surface area contributed by atoms with E-state index in [1.807, 2.05) is 12.3 Å². The largest absolute Gasteiger partial charge is 0.365 e. The second-order valence-corrected chi connectivity index (χ2v) is 4.83. The van der Waals surface area contributed by atoms with Crippen LogP contribution in [0.5, 0.6) is 0 Å². The number of pyridine rings is 1. The van der Waals surface area contributed by atoms with Crippen molar-refractivity contribution in [1.29, 1.82) is 5.26 Å². The summed E-state index contributed by atoms with van der Waals surface area (Å²) in [5, 5.41) is 8.92. The van der Waals surface area contributed by atoms with Crippen molar-refractivity contribution in [3.05, 3.63) is 24.0 Å². The predicted molar refractivity (Wildman–Crippen MR) is 65.8 cm³/mol. The number of piperazine rings is 1. The highest BCUT2D eigenvalue weighted by Gasteiger charge is 2.30. The van der Waals surface area contributed by atoms with Crippen LogP contribution in [0.4, 0.5) is 5.69 Å². The minimum Gasteiger partial charge on any atom is -0.365 e. The molecule has 17 heavy (non-hydrogen) atoms. The molecule has 0 aliphatic carbocycles. The predicted octanol–water partition coefficient (Wildman–Crippen LogP) is 1.24. The van der Waals surface area contributed by atoms with E-state index in [4.69, 9.17) is 5.26 Å². The molecule has 0 radical (unpaired) electrons. The van der Waals surface area contributed by atoms with E-state index >= 15 is 0 Å². The minimum absolute atomic E-state index is 0.605. The molecule has 2 aliphatic rings. The van der Waals surface area contributed by atoms with E-state index in [-0.39, 0.29) is 0 Å². The van der Waals surface area contributed by atoms with Crippen molar-refractivity contribution < 1.29 is 0 Å². The Balaban J connectivity index is 1.85. The summed E-state index contributed by atoms with van der Waals surface area (Å²) in [4.78, 5) is 9.11. The van der Waals surface area contributed by atoms with Gasteiger partial charge in [0.15, 0.2) is 0 Å². The highest BCUT2D eigenvalue weighted by Crippen LogP contribution is 2.26. The fourth-order valence-corrected chi connectivity index (χ4v) is 2.91. The second-order valence-electron chi connectivity index (χ2n) is 4.83. The molecule has 2 unspecified atom stereocenters. The standard InChI is InChI=1S/C13H16N4/c14-7-11-6-13(9-15-8-11)17-5-4-16-3-1-2-12(17)10-16/h6,8-9,12H,1-5,10H2. The molecular formula is C13H16N4. The fourth-order valence-electron chi connectivity index (χ4n) is 2.91. The maximum absolute atomic E-state index is 8.92. The minimum atomic E-state index is 0.605. The van der Waals surface area contributed by atoms with Crippen molar-refractivity contribution in [1.82, 2.24) is 9.88 Å². The lowest BCUT2D eigenvalue weighted by Gasteiger charge is -2.46. The van der Waals surface area contributed by atoms with Gasteiger partial charge in [0.25, 0.3) is 0 Å². The quantitative estimate of drug-likeness (QED) is 0.725. The van der Waals surface area contributed by atoms with Crippen molar-refractivity contribution in [2.45, 2.75) is 18.9 Å². The summed E-state index contributed by atoms with van der Waals surface area (Å²) >= 11 is 0. The zero-order valence-corrected chi connectivity index (χ0v) is 9.84. The maximum atomic E-state index is 8.92. The zero-order valence-electron chi connectivity index (χ0n) is 9.84. The zero-order chi connectivity index (χ0) is 11.7. The van der Waals surface area contributed by atoms with Gasteiger partial charge in [0, 0.05) is 31.9 Å². The molecule has 88 valence electrons. The first-order valence-corrected chi connectivity index (χ1v) is 6.21. The van der Waals surface area contributed by atoms with Crippen molar-refractivity contribution in [2.75, 3.05) is 31.1 Å². The maximum Gasteiger partial charge on any atom is 0.101 e. The van der Waals surface area contributed by atoms with Crippen LogP contribution in [-0.4, -0.2) is 42.1 Å². The lowest BCUT2D eigenvalue weighted by molar-refractivity contribution is 0.174. The molecule has 1 aromatic rings. The first-order valence-electron chi connectivity index (χ1n) is 6.21. The number of hydrogen-bond acceptors (Lipinski definition) is 4. The number of hydrogen-bond donors (Lipinski definition) is 0. The third kappa shape index (κ3) is 1.98. The van der Waals surface area contributed by atoms with Gasteiger partial charge in [0.1, 0.15) is 6.07 Å². The van der Waals surface area contributed by atoms with E-state index in [2.05, 4.69) is 20.9 Å². The third-order valence-electron chi connectivity index (χ3n) is 3.76. The molecule has 0 amide bonds. The number of rotatable bonds is 1. The Morgan fingerprint density at radius 3 is 3.12 bits per heavy atom. The van der Waals surface area contributed by atoms with E-state index in [9.17, 15) is 0 Å². The second kappa shape index (κ2) is 4.34. The Morgan fingerprint density at radius 1 is 1.29 bits per heavy atom. The van der Waals surface area contributed by atoms with Gasteiger partial charge in [0.2, 0.25) is 0 Å². The number of piperidine rings is 1. The Labute approximate surface area is 101 Å². The van der Waals surface area contributed by atoms with Crippen LogP contribution in [0.15, 0.2) is 18.5 Å². The Morgan fingerprint density at radius 2 is 2.24 bits per heavy atom. The number of anilines is 1. The van der Waals surface area contributed by atoms with E-state index in [0.29, 0.717) is 11.6 Å². The number of fused-ring (bicyclic) bond motifs is 2. The molecule has 0 spiro atoms. The van der Waals surface area contributed by atoms with Crippen LogP contribution >= 0.6 is 0 Å². The molecule has 2 bridgehead atoms. The van der Waals surface area contributed by atoms with Gasteiger partial charge in [0.05, 0.1) is 17.4 Å². The fraction of sp³-hybridized carbons (Fsp3) is 0.538. The summed E-state index contributed by atoms with van der Waals surface area (Å²) in [6.07, 6.45) is 6.05. The molecule has 2 saturated heterocycles. The first-order chi connectivity index (χ1) is 8.36. The van der Waals surface area contributed by atoms with Gasteiger partial charge < -0.3 is 4.90 Å². The summed E-state index contributed by atoms with van der Waals surface area (Å²) in [5.74, 6) is 0. The smallest absolute Gasteiger partial charge is 0.101 e. The number of aromatic nitrogens is 1. The number of nitrogens with zero attached hydrogens (tertiary/aromatic N) is 4. The van der Waals surface area contributed by atoms with Gasteiger partial charge in [-0.15, -0.1) is 0 Å². The molecule has 2 aliphatic heterocycles. The van der Waals surface area contributed by atoms with Crippen molar-refractivity contribution in [3.63, 3.8) is 0 Å². The number of nitriles is 1. The van der Waals surface area contributed by atoms with Crippen LogP contribution in [-0.2, 0) is 0 Å². The molecule has 4 heteroatoms. The SMILES string of the molecule is N#Cc1cncc(N2CCN3CCCC2C3)c1. The molecule has 1 aromatic heterocycles. The summed E-state index contributed by atoms with van der Waals surface area (Å²) in [6, 6.07) is 4.72. The van der Waals surface area contributed by atoms with Gasteiger partial charge in [-0.3, -0.25) is 9.88 Å². The van der Waals surface area contributed by atoms with Crippen molar-refractivity contribution in [3.8, 4) is 6.07 Å². The monoisotopic (exact) mass is 228 g/mol. The highest BCUT2D eigenvalue weighted by atomic mass is 15.3. The van der Waals surface area contributed by atoms with Gasteiger partial charge >= 0.3 is 0 Å². The summed E-state index contributed by atoms with van der Waals surface area (Å²) < 4.78 is 0. The molecule has 3 heterocycles. The Hall–Kier alpha value is -1.60. The van der Waals surface area contributed by atoms with E-state index in [1.54, 1.807) is 6.20 Å². The van der Waals surface area contributed by atoms with Crippen LogP contribution < -0.4 is 4.90 Å². The average Bonchev–Trinajstić information content (AvgIpc) is 2.39. The van der Waals surface area contributed by atoms with Crippen LogP contribution in [0.3, 0.4) is 0 Å². The third-order valence-corrected chi connectivity index (χ3v) is 3.76. The molecule has 0 saturated carbocycles. The summed E-state index contributed by atoms with van der Waals surface area (Å²) in [5.41, 5.74) is 1.76. The molecular weight excluding hydrogens is 212 g/mol. The van der Waals surface area contributed by atoms with Gasteiger partial charge in [-0.05, 0) is 25.5 Å². The Kier molecular flexibility index (Phi) is 2.69. The van der Waals surface area contributed by atoms with E-state index in [1.165, 1.54) is 19.4 Å². The highest BCUT2D eigenvalue weighted by molar-refractivity contribution is 5.50. The van der Waals surface area contributed by atoms with E-state index < -0.39 is 0 Å². The lowest BCUT2D eigenvalue weighted by atomic mass is 10.0. The molecule has 4 nitrogen and oxygen atoms in total. The molecule has 2 fully saturated rings. The first kappa shape index (κ1) is 10.5. The topological polar surface area (TPSA) is 43.2 Å². The van der Waals surface area contributed by atoms with Crippen molar-refractivity contribution in [2.24, 2.45) is 0 Å². The molecule has 2 atom stereocenters. The van der Waals surface area contributed by atoms with Gasteiger partial charge in [-0.1, -0.05) is 0 Å². The summed E-state index contributed by atoms with van der Waals surface area (Å²) in [7, 11) is 0. The van der Waals surface area contributed by atoms with Crippen LogP contribution in [0.1, 0.15) is 18.4 Å². The molecule has 0 N–H and O–H groups in total. The normalized spacial score (nSPS) is 27.6. The van der Waals surface area contributed by atoms with Gasteiger partial charge in [-0.2, -0.15) is 5.26 Å². The molecule has 3 rings (SSSR count). The van der Waals surface area contributed by atoms with Crippen LogP contribution in [0, 0.1) is 11.3 Å². The molecule has 0 aromatic carbocycles.